The Morgan fingerprint density at radius 1 is 1.25 bits per heavy atom. The second kappa shape index (κ2) is 4.97. The molecule has 20 heavy (non-hydrogen) atoms. The van der Waals surface area contributed by atoms with E-state index < -0.39 is 5.97 Å². The monoisotopic (exact) mass is 285 g/mol. The van der Waals surface area contributed by atoms with E-state index >= 15 is 0 Å². The molecule has 0 atom stereocenters. The molecule has 0 unspecified atom stereocenters. The minimum atomic E-state index is -1.03. The van der Waals surface area contributed by atoms with Gasteiger partial charge >= 0.3 is 5.97 Å². The Kier molecular flexibility index (Phi) is 3.15. The summed E-state index contributed by atoms with van der Waals surface area (Å²) >= 11 is 1.31. The van der Waals surface area contributed by atoms with E-state index in [0.717, 1.165) is 16.6 Å². The lowest BCUT2D eigenvalue weighted by atomic mass is 10.2. The molecule has 6 heteroatoms. The van der Waals surface area contributed by atoms with Gasteiger partial charge in [-0.3, -0.25) is 0 Å². The maximum absolute atomic E-state index is 10.9. The Morgan fingerprint density at radius 3 is 2.90 bits per heavy atom. The molecule has 0 saturated carbocycles. The number of hydrogen-bond donors (Lipinski definition) is 2. The molecule has 0 radical (unpaired) electrons. The standard InChI is InChI=1S/C14H11N3O2S/c1-8-5-6-9-11(7-8)17-14(16-9)20-12-4-2-3-10(15-12)13(18)19/h2-7H,1H3,(H,16,17)(H,18,19). The summed E-state index contributed by atoms with van der Waals surface area (Å²) < 4.78 is 0. The van der Waals surface area contributed by atoms with Gasteiger partial charge < -0.3 is 10.1 Å². The van der Waals surface area contributed by atoms with Crippen LogP contribution in [0.3, 0.4) is 0 Å². The molecule has 2 aromatic heterocycles. The van der Waals surface area contributed by atoms with Crippen molar-refractivity contribution < 1.29 is 9.90 Å². The SMILES string of the molecule is Cc1ccc2nc(Sc3cccc(C(=O)O)n3)[nH]c2c1. The van der Waals surface area contributed by atoms with Gasteiger partial charge in [-0.25, -0.2) is 14.8 Å². The van der Waals surface area contributed by atoms with Gasteiger partial charge in [0.2, 0.25) is 0 Å². The van der Waals surface area contributed by atoms with Crippen molar-refractivity contribution in [3.63, 3.8) is 0 Å². The molecule has 0 aliphatic carbocycles. The van der Waals surface area contributed by atoms with Gasteiger partial charge in [0.15, 0.2) is 5.16 Å². The number of carboxylic acids is 1. The smallest absolute Gasteiger partial charge is 0.354 e. The molecule has 3 aromatic rings. The molecule has 0 saturated heterocycles. The Hall–Kier alpha value is -2.34. The van der Waals surface area contributed by atoms with E-state index in [1.54, 1.807) is 12.1 Å². The third kappa shape index (κ3) is 2.50. The zero-order valence-corrected chi connectivity index (χ0v) is 11.4. The maximum atomic E-state index is 10.9. The highest BCUT2D eigenvalue weighted by molar-refractivity contribution is 7.99. The fraction of sp³-hybridized carbons (Fsp3) is 0.0714. The molecule has 2 heterocycles. The third-order valence-electron chi connectivity index (χ3n) is 2.76. The molecule has 0 spiro atoms. The summed E-state index contributed by atoms with van der Waals surface area (Å²) in [7, 11) is 0. The number of rotatable bonds is 3. The van der Waals surface area contributed by atoms with Crippen molar-refractivity contribution in [2.24, 2.45) is 0 Å². The number of aromatic carboxylic acids is 1. The molecule has 0 aliphatic heterocycles. The second-order valence-electron chi connectivity index (χ2n) is 4.33. The number of aromatic amines is 1. The number of carboxylic acid groups (broad SMARTS) is 1. The highest BCUT2D eigenvalue weighted by Gasteiger charge is 2.09. The van der Waals surface area contributed by atoms with E-state index in [4.69, 9.17) is 5.11 Å². The molecular formula is C14H11N3O2S. The Bertz CT molecular complexity index is 798. The Morgan fingerprint density at radius 2 is 2.10 bits per heavy atom. The number of carbonyl (C=O) groups is 1. The van der Waals surface area contributed by atoms with Gasteiger partial charge in [-0.15, -0.1) is 0 Å². The number of pyridine rings is 1. The first-order valence-corrected chi connectivity index (χ1v) is 6.78. The van der Waals surface area contributed by atoms with Crippen LogP contribution in [0.5, 0.6) is 0 Å². The molecule has 5 nitrogen and oxygen atoms in total. The average Bonchev–Trinajstić information content (AvgIpc) is 2.80. The number of nitrogens with zero attached hydrogens (tertiary/aromatic N) is 2. The molecule has 0 fully saturated rings. The van der Waals surface area contributed by atoms with Crippen LogP contribution in [0.1, 0.15) is 16.1 Å². The fourth-order valence-corrected chi connectivity index (χ4v) is 2.63. The van der Waals surface area contributed by atoms with E-state index in [0.29, 0.717) is 10.2 Å². The topological polar surface area (TPSA) is 78.9 Å². The molecule has 100 valence electrons. The lowest BCUT2D eigenvalue weighted by molar-refractivity contribution is 0.0689. The molecule has 2 N–H and O–H groups in total. The largest absolute Gasteiger partial charge is 0.477 e. The van der Waals surface area contributed by atoms with Crippen molar-refractivity contribution in [2.75, 3.05) is 0 Å². The highest BCUT2D eigenvalue weighted by Crippen LogP contribution is 2.26. The normalized spacial score (nSPS) is 10.8. The predicted molar refractivity (Wildman–Crippen MR) is 76.2 cm³/mol. The van der Waals surface area contributed by atoms with Crippen LogP contribution in [0.15, 0.2) is 46.6 Å². The number of hydrogen-bond acceptors (Lipinski definition) is 4. The lowest BCUT2D eigenvalue weighted by Gasteiger charge is -1.98. The summed E-state index contributed by atoms with van der Waals surface area (Å²) in [6.45, 7) is 2.02. The van der Waals surface area contributed by atoms with E-state index in [2.05, 4.69) is 15.0 Å². The van der Waals surface area contributed by atoms with Crippen molar-refractivity contribution in [3.05, 3.63) is 47.7 Å². The number of fused-ring (bicyclic) bond motifs is 1. The van der Waals surface area contributed by atoms with Crippen molar-refractivity contribution in [1.29, 1.82) is 0 Å². The number of nitrogens with one attached hydrogen (secondary N) is 1. The van der Waals surface area contributed by atoms with Crippen LogP contribution in [0.25, 0.3) is 11.0 Å². The van der Waals surface area contributed by atoms with Crippen LogP contribution in [-0.4, -0.2) is 26.0 Å². The van der Waals surface area contributed by atoms with Gasteiger partial charge in [-0.2, -0.15) is 0 Å². The number of imidazole rings is 1. The molecule has 1 aromatic carbocycles. The van der Waals surface area contributed by atoms with Crippen molar-refractivity contribution >= 4 is 28.8 Å². The summed E-state index contributed by atoms with van der Waals surface area (Å²) in [6, 6.07) is 10.9. The first kappa shape index (κ1) is 12.7. The van der Waals surface area contributed by atoms with Crippen LogP contribution in [0, 0.1) is 6.92 Å². The number of H-pyrrole nitrogens is 1. The predicted octanol–water partition coefficient (Wildman–Crippen LogP) is 3.12. The number of aromatic nitrogens is 3. The number of aryl methyl sites for hydroxylation is 1. The summed E-state index contributed by atoms with van der Waals surface area (Å²) in [5, 5.41) is 10.2. The van der Waals surface area contributed by atoms with Gasteiger partial charge in [0.05, 0.1) is 11.0 Å². The summed E-state index contributed by atoms with van der Waals surface area (Å²) in [5.41, 5.74) is 3.03. The van der Waals surface area contributed by atoms with Gasteiger partial charge in [0, 0.05) is 0 Å². The van der Waals surface area contributed by atoms with E-state index in [-0.39, 0.29) is 5.69 Å². The quantitative estimate of drug-likeness (QED) is 0.773. The molecule has 0 aliphatic rings. The maximum Gasteiger partial charge on any atom is 0.354 e. The minimum absolute atomic E-state index is 0.0296. The number of benzene rings is 1. The zero-order chi connectivity index (χ0) is 14.1. The van der Waals surface area contributed by atoms with Gasteiger partial charge in [0.25, 0.3) is 0 Å². The van der Waals surface area contributed by atoms with Gasteiger partial charge in [-0.1, -0.05) is 12.1 Å². The summed E-state index contributed by atoms with van der Waals surface area (Å²) in [5.74, 6) is -1.03. The Labute approximate surface area is 119 Å². The first-order chi connectivity index (χ1) is 9.61. The fourth-order valence-electron chi connectivity index (χ4n) is 1.84. The zero-order valence-electron chi connectivity index (χ0n) is 10.6. The van der Waals surface area contributed by atoms with Crippen LogP contribution in [0.4, 0.5) is 0 Å². The van der Waals surface area contributed by atoms with Gasteiger partial charge in [0.1, 0.15) is 10.7 Å². The second-order valence-corrected chi connectivity index (χ2v) is 5.34. The molecule has 0 bridgehead atoms. The first-order valence-electron chi connectivity index (χ1n) is 5.96. The summed E-state index contributed by atoms with van der Waals surface area (Å²) in [4.78, 5) is 22.6. The van der Waals surface area contributed by atoms with Crippen LogP contribution >= 0.6 is 11.8 Å². The van der Waals surface area contributed by atoms with E-state index in [1.165, 1.54) is 17.8 Å². The summed E-state index contributed by atoms with van der Waals surface area (Å²) in [6.07, 6.45) is 0. The van der Waals surface area contributed by atoms with Crippen molar-refractivity contribution in [3.8, 4) is 0 Å². The average molecular weight is 285 g/mol. The molecule has 0 amide bonds. The molecule has 3 rings (SSSR count). The van der Waals surface area contributed by atoms with E-state index in [1.807, 2.05) is 25.1 Å². The Balaban J connectivity index is 1.92. The third-order valence-corrected chi connectivity index (χ3v) is 3.58. The van der Waals surface area contributed by atoms with Crippen LogP contribution in [-0.2, 0) is 0 Å². The minimum Gasteiger partial charge on any atom is -0.477 e. The van der Waals surface area contributed by atoms with E-state index in [9.17, 15) is 4.79 Å². The van der Waals surface area contributed by atoms with Crippen molar-refractivity contribution in [1.82, 2.24) is 15.0 Å². The van der Waals surface area contributed by atoms with Crippen LogP contribution < -0.4 is 0 Å². The molecular weight excluding hydrogens is 274 g/mol. The lowest BCUT2D eigenvalue weighted by Crippen LogP contribution is -1.99. The highest BCUT2D eigenvalue weighted by atomic mass is 32.2. The van der Waals surface area contributed by atoms with Crippen molar-refractivity contribution in [2.45, 2.75) is 17.1 Å². The van der Waals surface area contributed by atoms with Crippen LogP contribution in [0.2, 0.25) is 0 Å². The van der Waals surface area contributed by atoms with Gasteiger partial charge in [-0.05, 0) is 48.5 Å².